The first-order chi connectivity index (χ1) is 14.1. The number of carboxylic acid groups (broad SMARTS) is 1. The van der Waals surface area contributed by atoms with Crippen LogP contribution in [0.4, 0.5) is 0 Å². The summed E-state index contributed by atoms with van der Waals surface area (Å²) in [5.74, 6) is -3.48. The van der Waals surface area contributed by atoms with Crippen molar-refractivity contribution >= 4 is 11.9 Å². The highest BCUT2D eigenvalue weighted by molar-refractivity contribution is 6.00. The number of aliphatic carboxylic acids is 1. The number of carbonyl (C=O) groups excluding carboxylic acids is 1. The van der Waals surface area contributed by atoms with E-state index in [4.69, 9.17) is 10.5 Å². The van der Waals surface area contributed by atoms with Gasteiger partial charge in [-0.15, -0.1) is 0 Å². The molecule has 29 heavy (non-hydrogen) atoms. The van der Waals surface area contributed by atoms with Gasteiger partial charge in [-0.05, 0) is 33.4 Å². The molecule has 0 saturated heterocycles. The molecule has 3 aromatic rings. The summed E-state index contributed by atoms with van der Waals surface area (Å²) < 4.78 is 5.53. The average Bonchev–Trinajstić information content (AvgIpc) is 3.06. The number of esters is 1. The Bertz CT molecular complexity index is 1010. The van der Waals surface area contributed by atoms with Crippen molar-refractivity contribution in [2.45, 2.75) is 18.4 Å². The zero-order valence-electron chi connectivity index (χ0n) is 15.7. The van der Waals surface area contributed by atoms with Crippen molar-refractivity contribution in [2.75, 3.05) is 6.61 Å². The van der Waals surface area contributed by atoms with Crippen LogP contribution in [0.1, 0.15) is 34.1 Å². The topological polar surface area (TPSA) is 89.6 Å². The van der Waals surface area contributed by atoms with E-state index in [1.54, 1.807) is 24.3 Å². The second-order valence-electron chi connectivity index (χ2n) is 7.07. The Hall–Kier alpha value is -3.44. The van der Waals surface area contributed by atoms with Gasteiger partial charge in [0.15, 0.2) is 5.92 Å². The largest absolute Gasteiger partial charge is 0.480 e. The lowest BCUT2D eigenvalue weighted by Crippen LogP contribution is -2.25. The highest BCUT2D eigenvalue weighted by Gasteiger charge is 2.33. The molecule has 5 heteroatoms. The minimum atomic E-state index is -1.37. The number of hydrogen-bond acceptors (Lipinski definition) is 4. The molecule has 0 fully saturated rings. The van der Waals surface area contributed by atoms with Gasteiger partial charge in [-0.2, -0.15) is 0 Å². The first-order valence-corrected chi connectivity index (χ1v) is 9.46. The van der Waals surface area contributed by atoms with Gasteiger partial charge in [0.2, 0.25) is 0 Å². The number of rotatable bonds is 6. The van der Waals surface area contributed by atoms with Crippen LogP contribution in [0.15, 0.2) is 72.8 Å². The SMILES string of the molecule is NCc1ccc([C@@H](C(=O)O)C(=O)OCC2c3ccccc3-c3ccccc32)cc1. The summed E-state index contributed by atoms with van der Waals surface area (Å²) in [5.41, 5.74) is 11.2. The monoisotopic (exact) mass is 387 g/mol. The first-order valence-electron chi connectivity index (χ1n) is 9.46. The van der Waals surface area contributed by atoms with Gasteiger partial charge in [0.05, 0.1) is 0 Å². The minimum Gasteiger partial charge on any atom is -0.480 e. The highest BCUT2D eigenvalue weighted by atomic mass is 16.5. The maximum Gasteiger partial charge on any atom is 0.324 e. The summed E-state index contributed by atoms with van der Waals surface area (Å²) in [6, 6.07) is 22.7. The van der Waals surface area contributed by atoms with Gasteiger partial charge in [0, 0.05) is 12.5 Å². The zero-order chi connectivity index (χ0) is 20.4. The van der Waals surface area contributed by atoms with Crippen LogP contribution in [0.2, 0.25) is 0 Å². The second kappa shape index (κ2) is 7.89. The quantitative estimate of drug-likeness (QED) is 0.498. The summed E-state index contributed by atoms with van der Waals surface area (Å²) >= 11 is 0. The molecule has 0 bridgehead atoms. The third-order valence-corrected chi connectivity index (χ3v) is 5.39. The van der Waals surface area contributed by atoms with Crippen LogP contribution in [0.5, 0.6) is 0 Å². The van der Waals surface area contributed by atoms with Crippen LogP contribution in [0, 0.1) is 0 Å². The number of hydrogen-bond donors (Lipinski definition) is 2. The van der Waals surface area contributed by atoms with E-state index < -0.39 is 17.9 Å². The van der Waals surface area contributed by atoms with Gasteiger partial charge in [0.1, 0.15) is 6.61 Å². The third kappa shape index (κ3) is 3.52. The van der Waals surface area contributed by atoms with Crippen molar-refractivity contribution < 1.29 is 19.4 Å². The van der Waals surface area contributed by atoms with Gasteiger partial charge < -0.3 is 15.6 Å². The fourth-order valence-electron chi connectivity index (χ4n) is 3.91. The molecular formula is C24H21NO4. The highest BCUT2D eigenvalue weighted by Crippen LogP contribution is 2.44. The van der Waals surface area contributed by atoms with E-state index in [1.165, 1.54) is 0 Å². The number of fused-ring (bicyclic) bond motifs is 3. The van der Waals surface area contributed by atoms with Gasteiger partial charge in [-0.25, -0.2) is 0 Å². The number of ether oxygens (including phenoxy) is 1. The zero-order valence-corrected chi connectivity index (χ0v) is 15.7. The molecule has 5 nitrogen and oxygen atoms in total. The summed E-state index contributed by atoms with van der Waals surface area (Å²) in [4.78, 5) is 24.5. The van der Waals surface area contributed by atoms with Gasteiger partial charge in [-0.1, -0.05) is 72.8 Å². The molecule has 3 N–H and O–H groups in total. The molecule has 1 aliphatic rings. The molecule has 0 radical (unpaired) electrons. The standard InChI is InChI=1S/C24H21NO4/c25-13-15-9-11-16(12-10-15)22(23(26)27)24(28)29-14-21-19-7-3-1-5-17(19)18-6-2-4-8-20(18)21/h1-12,21-22H,13-14,25H2,(H,26,27)/t22-/m0/s1. The van der Waals surface area contributed by atoms with Crippen LogP contribution < -0.4 is 5.73 Å². The lowest BCUT2D eigenvalue weighted by atomic mass is 9.97. The minimum absolute atomic E-state index is 0.0948. The molecule has 0 aliphatic heterocycles. The Morgan fingerprint density at radius 1 is 0.897 bits per heavy atom. The van der Waals surface area contributed by atoms with Crippen molar-refractivity contribution in [1.29, 1.82) is 0 Å². The fourth-order valence-corrected chi connectivity index (χ4v) is 3.91. The predicted octanol–water partition coefficient (Wildman–Crippen LogP) is 3.67. The summed E-state index contributed by atoms with van der Waals surface area (Å²) in [7, 11) is 0. The average molecular weight is 387 g/mol. The third-order valence-electron chi connectivity index (χ3n) is 5.39. The van der Waals surface area contributed by atoms with E-state index in [0.717, 1.165) is 27.8 Å². The maximum absolute atomic E-state index is 12.7. The molecule has 0 spiro atoms. The Kier molecular flexibility index (Phi) is 5.14. The molecule has 0 amide bonds. The predicted molar refractivity (Wildman–Crippen MR) is 109 cm³/mol. The van der Waals surface area contributed by atoms with Gasteiger partial charge in [-0.3, -0.25) is 9.59 Å². The molecule has 146 valence electrons. The van der Waals surface area contributed by atoms with Gasteiger partial charge >= 0.3 is 11.9 Å². The second-order valence-corrected chi connectivity index (χ2v) is 7.07. The molecular weight excluding hydrogens is 366 g/mol. The maximum atomic E-state index is 12.7. The summed E-state index contributed by atoms with van der Waals surface area (Å²) in [6.45, 7) is 0.445. The van der Waals surface area contributed by atoms with Crippen molar-refractivity contribution in [3.63, 3.8) is 0 Å². The number of carbonyl (C=O) groups is 2. The molecule has 0 heterocycles. The molecule has 0 saturated carbocycles. The summed E-state index contributed by atoms with van der Waals surface area (Å²) in [5, 5.41) is 9.61. The van der Waals surface area contributed by atoms with Crippen LogP contribution in [-0.2, 0) is 20.9 Å². The molecule has 0 unspecified atom stereocenters. The van der Waals surface area contributed by atoms with E-state index in [1.807, 2.05) is 36.4 Å². The van der Waals surface area contributed by atoms with E-state index in [-0.39, 0.29) is 12.5 Å². The molecule has 4 rings (SSSR count). The van der Waals surface area contributed by atoms with Crippen LogP contribution in [-0.4, -0.2) is 23.7 Å². The van der Waals surface area contributed by atoms with Crippen LogP contribution >= 0.6 is 0 Å². The molecule has 3 aromatic carbocycles. The van der Waals surface area contributed by atoms with E-state index >= 15 is 0 Å². The lowest BCUT2D eigenvalue weighted by molar-refractivity contribution is -0.154. The Labute approximate surface area is 168 Å². The molecule has 1 atom stereocenters. The van der Waals surface area contributed by atoms with Crippen molar-refractivity contribution in [3.8, 4) is 11.1 Å². The molecule has 0 aromatic heterocycles. The number of benzene rings is 3. The first kappa shape index (κ1) is 18.9. The van der Waals surface area contributed by atoms with Crippen molar-refractivity contribution in [2.24, 2.45) is 5.73 Å². The number of carboxylic acids is 1. The van der Waals surface area contributed by atoms with Gasteiger partial charge in [0.25, 0.3) is 0 Å². The normalized spacial score (nSPS) is 13.4. The Morgan fingerprint density at radius 3 is 1.97 bits per heavy atom. The Morgan fingerprint density at radius 2 is 1.45 bits per heavy atom. The Balaban J connectivity index is 1.56. The van der Waals surface area contributed by atoms with Crippen LogP contribution in [0.25, 0.3) is 11.1 Å². The van der Waals surface area contributed by atoms with E-state index in [9.17, 15) is 14.7 Å². The van der Waals surface area contributed by atoms with Crippen molar-refractivity contribution in [3.05, 3.63) is 95.1 Å². The van der Waals surface area contributed by atoms with Crippen molar-refractivity contribution in [1.82, 2.24) is 0 Å². The lowest BCUT2D eigenvalue weighted by Gasteiger charge is -2.17. The summed E-state index contributed by atoms with van der Waals surface area (Å²) in [6.07, 6.45) is 0. The molecule has 1 aliphatic carbocycles. The van der Waals surface area contributed by atoms with E-state index in [0.29, 0.717) is 12.1 Å². The van der Waals surface area contributed by atoms with E-state index in [2.05, 4.69) is 12.1 Å². The number of nitrogens with two attached hydrogens (primary N) is 1. The van der Waals surface area contributed by atoms with Crippen LogP contribution in [0.3, 0.4) is 0 Å². The smallest absolute Gasteiger partial charge is 0.324 e. The fraction of sp³-hybridized carbons (Fsp3) is 0.167.